The van der Waals surface area contributed by atoms with E-state index in [-0.39, 0.29) is 23.3 Å². The largest absolute Gasteiger partial charge is 0.484 e. The predicted octanol–water partition coefficient (Wildman–Crippen LogP) is 4.03. The van der Waals surface area contributed by atoms with Crippen LogP contribution in [0.15, 0.2) is 59.6 Å². The molecule has 0 spiro atoms. The van der Waals surface area contributed by atoms with E-state index < -0.39 is 11.7 Å². The molecule has 0 saturated carbocycles. The SMILES string of the molecule is C=C(CCNC(=O)c1cccc(SC)c1)NC(=O)COc1ccc(Cl)c(F)c1. The molecule has 28 heavy (non-hydrogen) atoms. The standard InChI is InChI=1S/C20H20ClFN2O3S/c1-13(8-9-23-20(26)14-4-3-5-16(10-14)28-2)24-19(25)12-27-15-6-7-17(21)18(22)11-15/h3-7,10-11H,1,8-9,12H2,2H3,(H,23,26)(H,24,25). The van der Waals surface area contributed by atoms with Crippen LogP contribution in [0.25, 0.3) is 0 Å². The lowest BCUT2D eigenvalue weighted by Gasteiger charge is -2.11. The Hall–Kier alpha value is -2.51. The molecular formula is C20H20ClFN2O3S. The Morgan fingerprint density at radius 3 is 2.75 bits per heavy atom. The summed E-state index contributed by atoms with van der Waals surface area (Å²) in [5, 5.41) is 5.33. The van der Waals surface area contributed by atoms with E-state index in [1.165, 1.54) is 12.1 Å². The molecule has 0 bridgehead atoms. The maximum absolute atomic E-state index is 13.3. The fourth-order valence-corrected chi connectivity index (χ4v) is 2.78. The number of carbonyl (C=O) groups is 2. The molecule has 2 aromatic carbocycles. The van der Waals surface area contributed by atoms with E-state index in [0.717, 1.165) is 11.0 Å². The lowest BCUT2D eigenvalue weighted by molar-refractivity contribution is -0.122. The minimum absolute atomic E-state index is 0.0209. The van der Waals surface area contributed by atoms with Gasteiger partial charge in [-0.1, -0.05) is 24.2 Å². The number of amides is 2. The summed E-state index contributed by atoms with van der Waals surface area (Å²) in [5.74, 6) is -1.05. The summed E-state index contributed by atoms with van der Waals surface area (Å²) in [5.41, 5.74) is 1.01. The zero-order valence-corrected chi connectivity index (χ0v) is 16.8. The van der Waals surface area contributed by atoms with Crippen LogP contribution in [0.3, 0.4) is 0 Å². The Balaban J connectivity index is 1.70. The predicted molar refractivity (Wildman–Crippen MR) is 109 cm³/mol. The average molecular weight is 423 g/mol. The van der Waals surface area contributed by atoms with Gasteiger partial charge in [0.15, 0.2) is 6.61 Å². The molecule has 0 radical (unpaired) electrons. The summed E-state index contributed by atoms with van der Waals surface area (Å²) in [4.78, 5) is 25.0. The van der Waals surface area contributed by atoms with E-state index >= 15 is 0 Å². The van der Waals surface area contributed by atoms with E-state index in [0.29, 0.717) is 24.2 Å². The molecule has 0 aromatic heterocycles. The first-order chi connectivity index (χ1) is 13.4. The highest BCUT2D eigenvalue weighted by molar-refractivity contribution is 7.98. The van der Waals surface area contributed by atoms with Gasteiger partial charge in [-0.2, -0.15) is 0 Å². The van der Waals surface area contributed by atoms with Crippen LogP contribution >= 0.6 is 23.4 Å². The summed E-state index contributed by atoms with van der Waals surface area (Å²) in [6.45, 7) is 3.78. The van der Waals surface area contributed by atoms with Crippen LogP contribution in [0.5, 0.6) is 5.75 Å². The van der Waals surface area contributed by atoms with Crippen molar-refractivity contribution in [3.05, 3.63) is 71.1 Å². The number of benzene rings is 2. The molecule has 2 rings (SSSR count). The van der Waals surface area contributed by atoms with Gasteiger partial charge in [0.1, 0.15) is 11.6 Å². The smallest absolute Gasteiger partial charge is 0.262 e. The van der Waals surface area contributed by atoms with Crippen molar-refractivity contribution in [2.45, 2.75) is 11.3 Å². The normalized spacial score (nSPS) is 10.2. The lowest BCUT2D eigenvalue weighted by atomic mass is 10.2. The van der Waals surface area contributed by atoms with Crippen LogP contribution < -0.4 is 15.4 Å². The zero-order valence-electron chi connectivity index (χ0n) is 15.3. The third-order valence-corrected chi connectivity index (χ3v) is 4.65. The van der Waals surface area contributed by atoms with Crippen LogP contribution in [-0.2, 0) is 4.79 Å². The second-order valence-corrected chi connectivity index (χ2v) is 7.04. The maximum atomic E-state index is 13.3. The second-order valence-electron chi connectivity index (χ2n) is 5.75. The number of nitrogens with one attached hydrogen (secondary N) is 2. The van der Waals surface area contributed by atoms with Crippen LogP contribution in [0.1, 0.15) is 16.8 Å². The monoisotopic (exact) mass is 422 g/mol. The van der Waals surface area contributed by atoms with Crippen molar-refractivity contribution >= 4 is 35.2 Å². The number of rotatable bonds is 9. The summed E-state index contributed by atoms with van der Waals surface area (Å²) in [6, 6.07) is 11.2. The van der Waals surface area contributed by atoms with Gasteiger partial charge in [-0.05, 0) is 36.6 Å². The number of halogens is 2. The van der Waals surface area contributed by atoms with Crippen molar-refractivity contribution in [2.24, 2.45) is 0 Å². The average Bonchev–Trinajstić information content (AvgIpc) is 2.68. The molecule has 5 nitrogen and oxygen atoms in total. The number of hydrogen-bond donors (Lipinski definition) is 2. The minimum atomic E-state index is -0.622. The molecule has 0 aliphatic carbocycles. The van der Waals surface area contributed by atoms with Crippen LogP contribution in [0.4, 0.5) is 4.39 Å². The summed E-state index contributed by atoms with van der Waals surface area (Å²) in [6.07, 6.45) is 2.31. The highest BCUT2D eigenvalue weighted by atomic mass is 35.5. The van der Waals surface area contributed by atoms with E-state index in [9.17, 15) is 14.0 Å². The molecule has 0 heterocycles. The van der Waals surface area contributed by atoms with Crippen molar-refractivity contribution in [1.82, 2.24) is 10.6 Å². The van der Waals surface area contributed by atoms with E-state index in [1.807, 2.05) is 24.5 Å². The molecule has 0 aliphatic rings. The Morgan fingerprint density at radius 1 is 1.25 bits per heavy atom. The van der Waals surface area contributed by atoms with Crippen LogP contribution in [0.2, 0.25) is 5.02 Å². The minimum Gasteiger partial charge on any atom is -0.484 e. The number of ether oxygens (including phenoxy) is 1. The van der Waals surface area contributed by atoms with Gasteiger partial charge in [0.2, 0.25) is 0 Å². The van der Waals surface area contributed by atoms with Gasteiger partial charge in [-0.15, -0.1) is 11.8 Å². The molecule has 2 aromatic rings. The van der Waals surface area contributed by atoms with Crippen LogP contribution in [-0.4, -0.2) is 31.2 Å². The first-order valence-electron chi connectivity index (χ1n) is 8.36. The Labute approximate surface area is 172 Å². The fraction of sp³-hybridized carbons (Fsp3) is 0.200. The highest BCUT2D eigenvalue weighted by Gasteiger charge is 2.08. The molecule has 0 unspecified atom stereocenters. The quantitative estimate of drug-likeness (QED) is 0.599. The van der Waals surface area contributed by atoms with Crippen molar-refractivity contribution < 1.29 is 18.7 Å². The molecule has 0 fully saturated rings. The summed E-state index contributed by atoms with van der Waals surface area (Å²) >= 11 is 7.14. The van der Waals surface area contributed by atoms with Gasteiger partial charge in [0.05, 0.1) is 5.02 Å². The number of hydrogen-bond acceptors (Lipinski definition) is 4. The van der Waals surface area contributed by atoms with Crippen molar-refractivity contribution in [3.63, 3.8) is 0 Å². The van der Waals surface area contributed by atoms with Gasteiger partial charge in [-0.3, -0.25) is 9.59 Å². The van der Waals surface area contributed by atoms with Gasteiger partial charge >= 0.3 is 0 Å². The van der Waals surface area contributed by atoms with Gasteiger partial charge in [0, 0.05) is 35.2 Å². The maximum Gasteiger partial charge on any atom is 0.262 e. The molecule has 148 valence electrons. The van der Waals surface area contributed by atoms with Crippen molar-refractivity contribution in [1.29, 1.82) is 0 Å². The lowest BCUT2D eigenvalue weighted by Crippen LogP contribution is -2.31. The Morgan fingerprint density at radius 2 is 2.04 bits per heavy atom. The number of carbonyl (C=O) groups excluding carboxylic acids is 2. The number of thioether (sulfide) groups is 1. The Kier molecular flexibility index (Phi) is 8.35. The molecule has 8 heteroatoms. The molecule has 0 atom stereocenters. The summed E-state index contributed by atoms with van der Waals surface area (Å²) in [7, 11) is 0. The topological polar surface area (TPSA) is 67.4 Å². The zero-order chi connectivity index (χ0) is 20.5. The second kappa shape index (κ2) is 10.7. The van der Waals surface area contributed by atoms with E-state index in [4.69, 9.17) is 16.3 Å². The third kappa shape index (κ3) is 6.90. The first kappa shape index (κ1) is 21.8. The summed E-state index contributed by atoms with van der Waals surface area (Å²) < 4.78 is 18.5. The molecule has 0 aliphatic heterocycles. The van der Waals surface area contributed by atoms with Gasteiger partial charge < -0.3 is 15.4 Å². The Bertz CT molecular complexity index is 876. The molecule has 2 N–H and O–H groups in total. The van der Waals surface area contributed by atoms with E-state index in [2.05, 4.69) is 17.2 Å². The third-order valence-electron chi connectivity index (χ3n) is 3.62. The van der Waals surface area contributed by atoms with Gasteiger partial charge in [0.25, 0.3) is 11.8 Å². The van der Waals surface area contributed by atoms with Crippen molar-refractivity contribution in [3.8, 4) is 5.75 Å². The molecular weight excluding hydrogens is 403 g/mol. The van der Waals surface area contributed by atoms with Crippen molar-refractivity contribution in [2.75, 3.05) is 19.4 Å². The fourth-order valence-electron chi connectivity index (χ4n) is 2.20. The molecule has 2 amide bonds. The van der Waals surface area contributed by atoms with Gasteiger partial charge in [-0.25, -0.2) is 4.39 Å². The van der Waals surface area contributed by atoms with Crippen LogP contribution in [0, 0.1) is 5.82 Å². The molecule has 0 saturated heterocycles. The first-order valence-corrected chi connectivity index (χ1v) is 9.97. The van der Waals surface area contributed by atoms with E-state index in [1.54, 1.807) is 17.8 Å². The highest BCUT2D eigenvalue weighted by Crippen LogP contribution is 2.20.